The lowest BCUT2D eigenvalue weighted by molar-refractivity contribution is -0.137. The summed E-state index contributed by atoms with van der Waals surface area (Å²) in [6.07, 6.45) is 2.94. The van der Waals surface area contributed by atoms with E-state index in [1.54, 1.807) is 0 Å². The molecule has 6 heteroatoms. The Kier molecular flexibility index (Phi) is 3.79. The molecule has 6 nitrogen and oxygen atoms in total. The average molecular weight is 290 g/mol. The Morgan fingerprint density at radius 3 is 3.00 bits per heavy atom. The fourth-order valence-corrected chi connectivity index (χ4v) is 2.53. The zero-order chi connectivity index (χ0) is 14.8. The standard InChI is InChI=1S/C15H18N2O4/c18-14-8-21-13-4-1-9(6-12(13)17-14)5-11(7-15(19)20)16-10-2-3-10/h1,4,6,10-11,16H,2-3,5,7-8H2,(H,17,18)(H,19,20). The molecule has 3 N–H and O–H groups in total. The average Bonchev–Trinajstić information content (AvgIpc) is 3.21. The molecule has 1 aliphatic carbocycles. The molecule has 21 heavy (non-hydrogen) atoms. The summed E-state index contributed by atoms with van der Waals surface area (Å²) in [5.41, 5.74) is 1.64. The molecule has 1 atom stereocenters. The van der Waals surface area contributed by atoms with Crippen LogP contribution in [0.25, 0.3) is 0 Å². The number of ether oxygens (including phenoxy) is 1. The number of amides is 1. The van der Waals surface area contributed by atoms with Gasteiger partial charge in [0, 0.05) is 12.1 Å². The zero-order valence-corrected chi connectivity index (χ0v) is 11.6. The van der Waals surface area contributed by atoms with Gasteiger partial charge < -0.3 is 20.5 Å². The highest BCUT2D eigenvalue weighted by molar-refractivity contribution is 5.95. The van der Waals surface area contributed by atoms with E-state index < -0.39 is 5.97 Å². The van der Waals surface area contributed by atoms with E-state index in [-0.39, 0.29) is 25.0 Å². The molecule has 0 aromatic heterocycles. The lowest BCUT2D eigenvalue weighted by Gasteiger charge is -2.20. The van der Waals surface area contributed by atoms with Crippen LogP contribution in [-0.4, -0.2) is 35.7 Å². The van der Waals surface area contributed by atoms with E-state index >= 15 is 0 Å². The van der Waals surface area contributed by atoms with Crippen LogP contribution in [0, 0.1) is 0 Å². The number of carboxylic acids is 1. The number of fused-ring (bicyclic) bond motifs is 1. The van der Waals surface area contributed by atoms with Crippen molar-refractivity contribution < 1.29 is 19.4 Å². The molecule has 1 aromatic rings. The van der Waals surface area contributed by atoms with Crippen molar-refractivity contribution in [3.63, 3.8) is 0 Å². The van der Waals surface area contributed by atoms with Gasteiger partial charge in [0.2, 0.25) is 0 Å². The van der Waals surface area contributed by atoms with Crippen molar-refractivity contribution in [2.24, 2.45) is 0 Å². The summed E-state index contributed by atoms with van der Waals surface area (Å²) in [7, 11) is 0. The van der Waals surface area contributed by atoms with Gasteiger partial charge in [-0.15, -0.1) is 0 Å². The summed E-state index contributed by atoms with van der Waals surface area (Å²) < 4.78 is 5.31. The second-order valence-corrected chi connectivity index (χ2v) is 5.61. The Labute approximate surface area is 122 Å². The van der Waals surface area contributed by atoms with E-state index in [0.29, 0.717) is 23.9 Å². The highest BCUT2D eigenvalue weighted by Crippen LogP contribution is 2.29. The number of benzene rings is 1. The van der Waals surface area contributed by atoms with Crippen molar-refractivity contribution in [1.29, 1.82) is 0 Å². The van der Waals surface area contributed by atoms with Gasteiger partial charge in [-0.05, 0) is 37.0 Å². The Balaban J connectivity index is 1.71. The molecule has 1 heterocycles. The van der Waals surface area contributed by atoms with Crippen LogP contribution in [0.5, 0.6) is 5.75 Å². The molecule has 3 rings (SSSR count). The highest BCUT2D eigenvalue weighted by Gasteiger charge is 2.26. The molecule has 0 bridgehead atoms. The minimum absolute atomic E-state index is 0.0389. The molecule has 1 aliphatic heterocycles. The number of carbonyl (C=O) groups excluding carboxylic acids is 1. The van der Waals surface area contributed by atoms with Gasteiger partial charge >= 0.3 is 5.97 Å². The first-order chi connectivity index (χ1) is 10.1. The third-order valence-corrected chi connectivity index (χ3v) is 3.63. The number of carboxylic acid groups (broad SMARTS) is 1. The van der Waals surface area contributed by atoms with E-state index in [1.165, 1.54) is 0 Å². The molecule has 1 amide bonds. The molecule has 2 aliphatic rings. The number of nitrogens with one attached hydrogen (secondary N) is 2. The van der Waals surface area contributed by atoms with E-state index in [1.807, 2.05) is 18.2 Å². The van der Waals surface area contributed by atoms with E-state index in [4.69, 9.17) is 9.84 Å². The van der Waals surface area contributed by atoms with Crippen molar-refractivity contribution in [3.8, 4) is 5.75 Å². The first kappa shape index (κ1) is 13.9. The van der Waals surface area contributed by atoms with Gasteiger partial charge in [-0.2, -0.15) is 0 Å². The Morgan fingerprint density at radius 1 is 1.48 bits per heavy atom. The molecule has 112 valence electrons. The van der Waals surface area contributed by atoms with Crippen LogP contribution in [0.2, 0.25) is 0 Å². The predicted octanol–water partition coefficient (Wildman–Crippen LogP) is 1.16. The van der Waals surface area contributed by atoms with Crippen LogP contribution in [0.1, 0.15) is 24.8 Å². The maximum absolute atomic E-state index is 11.3. The van der Waals surface area contributed by atoms with Crippen LogP contribution < -0.4 is 15.4 Å². The van der Waals surface area contributed by atoms with E-state index in [0.717, 1.165) is 18.4 Å². The monoisotopic (exact) mass is 290 g/mol. The van der Waals surface area contributed by atoms with E-state index in [2.05, 4.69) is 10.6 Å². The smallest absolute Gasteiger partial charge is 0.304 e. The first-order valence-corrected chi connectivity index (χ1v) is 7.13. The van der Waals surface area contributed by atoms with Crippen molar-refractivity contribution in [2.45, 2.75) is 37.8 Å². The maximum Gasteiger partial charge on any atom is 0.304 e. The van der Waals surface area contributed by atoms with E-state index in [9.17, 15) is 9.59 Å². The van der Waals surface area contributed by atoms with Gasteiger partial charge in [0.05, 0.1) is 12.1 Å². The molecule has 0 radical (unpaired) electrons. The summed E-state index contributed by atoms with van der Waals surface area (Å²) in [5.74, 6) is -0.316. The topological polar surface area (TPSA) is 87.7 Å². The van der Waals surface area contributed by atoms with Crippen LogP contribution in [0.15, 0.2) is 18.2 Å². The van der Waals surface area contributed by atoms with Gasteiger partial charge in [-0.1, -0.05) is 6.07 Å². The molecule has 0 saturated heterocycles. The Bertz CT molecular complexity index is 569. The Hall–Kier alpha value is -2.08. The minimum atomic E-state index is -0.803. The molecule has 1 aromatic carbocycles. The summed E-state index contributed by atoms with van der Waals surface area (Å²) in [6.45, 7) is 0.0389. The molecule has 1 fully saturated rings. The number of carbonyl (C=O) groups is 2. The summed E-state index contributed by atoms with van der Waals surface area (Å²) in [5, 5.41) is 15.1. The molecule has 0 spiro atoms. The van der Waals surface area contributed by atoms with Gasteiger partial charge in [-0.25, -0.2) is 0 Å². The summed E-state index contributed by atoms with van der Waals surface area (Å²) in [4.78, 5) is 22.3. The van der Waals surface area contributed by atoms with Crippen molar-refractivity contribution >= 4 is 17.6 Å². The fraction of sp³-hybridized carbons (Fsp3) is 0.467. The SMILES string of the molecule is O=C(O)CC(Cc1ccc2c(c1)NC(=O)CO2)NC1CC1. The second kappa shape index (κ2) is 5.73. The largest absolute Gasteiger partial charge is 0.482 e. The van der Waals surface area contributed by atoms with Gasteiger partial charge in [-0.3, -0.25) is 9.59 Å². The zero-order valence-electron chi connectivity index (χ0n) is 11.6. The lowest BCUT2D eigenvalue weighted by Crippen LogP contribution is -2.35. The number of hydrogen-bond acceptors (Lipinski definition) is 4. The summed E-state index contributed by atoms with van der Waals surface area (Å²) >= 11 is 0. The predicted molar refractivity (Wildman–Crippen MR) is 76.5 cm³/mol. The third-order valence-electron chi connectivity index (χ3n) is 3.63. The maximum atomic E-state index is 11.3. The molecular weight excluding hydrogens is 272 g/mol. The highest BCUT2D eigenvalue weighted by atomic mass is 16.5. The van der Waals surface area contributed by atoms with Crippen LogP contribution in [0.3, 0.4) is 0 Å². The van der Waals surface area contributed by atoms with Crippen LogP contribution in [-0.2, 0) is 16.0 Å². The normalized spacial score (nSPS) is 18.4. The fourth-order valence-electron chi connectivity index (χ4n) is 2.53. The molecule has 1 saturated carbocycles. The quantitative estimate of drug-likeness (QED) is 0.731. The third kappa shape index (κ3) is 3.72. The first-order valence-electron chi connectivity index (χ1n) is 7.13. The van der Waals surface area contributed by atoms with Crippen molar-refractivity contribution in [1.82, 2.24) is 5.32 Å². The van der Waals surface area contributed by atoms with Gasteiger partial charge in [0.15, 0.2) is 6.61 Å². The summed E-state index contributed by atoms with van der Waals surface area (Å²) in [6, 6.07) is 5.96. The number of aliphatic carboxylic acids is 1. The Morgan fingerprint density at radius 2 is 2.29 bits per heavy atom. The number of hydrogen-bond donors (Lipinski definition) is 3. The number of rotatable bonds is 6. The van der Waals surface area contributed by atoms with Crippen molar-refractivity contribution in [3.05, 3.63) is 23.8 Å². The van der Waals surface area contributed by atoms with Crippen molar-refractivity contribution in [2.75, 3.05) is 11.9 Å². The minimum Gasteiger partial charge on any atom is -0.482 e. The molecular formula is C15H18N2O4. The second-order valence-electron chi connectivity index (χ2n) is 5.61. The number of anilines is 1. The lowest BCUT2D eigenvalue weighted by atomic mass is 10.0. The molecule has 1 unspecified atom stereocenters. The van der Waals surface area contributed by atoms with Gasteiger partial charge in [0.25, 0.3) is 5.91 Å². The van der Waals surface area contributed by atoms with Crippen LogP contribution >= 0.6 is 0 Å². The van der Waals surface area contributed by atoms with Crippen LogP contribution in [0.4, 0.5) is 5.69 Å². The van der Waals surface area contributed by atoms with Gasteiger partial charge in [0.1, 0.15) is 5.75 Å².